The topological polar surface area (TPSA) is 63.2 Å². The molecule has 0 fully saturated rings. The number of hydrogen-bond donors (Lipinski definition) is 1. The Morgan fingerprint density at radius 3 is 2.72 bits per heavy atom. The van der Waals surface area contributed by atoms with Gasteiger partial charge >= 0.3 is 0 Å². The van der Waals surface area contributed by atoms with Crippen molar-refractivity contribution >= 4 is 31.7 Å². The van der Waals surface area contributed by atoms with E-state index in [2.05, 4.69) is 21.2 Å². The maximum atomic E-state index is 11.9. The summed E-state index contributed by atoms with van der Waals surface area (Å²) in [5.41, 5.74) is 1.54. The van der Waals surface area contributed by atoms with Crippen LogP contribution < -0.4 is 5.32 Å². The molecule has 0 saturated carbocycles. The van der Waals surface area contributed by atoms with E-state index in [1.165, 1.54) is 6.08 Å². The van der Waals surface area contributed by atoms with Gasteiger partial charge in [0.05, 0.1) is 11.8 Å². The van der Waals surface area contributed by atoms with E-state index in [0.717, 1.165) is 15.4 Å². The zero-order chi connectivity index (χ0) is 13.3. The highest BCUT2D eigenvalue weighted by Crippen LogP contribution is 2.18. The molecular formula is C12H12BrNO3S. The number of aryl methyl sites for hydroxylation is 1. The molecule has 1 aromatic carbocycles. The van der Waals surface area contributed by atoms with Crippen LogP contribution in [0.15, 0.2) is 34.2 Å². The van der Waals surface area contributed by atoms with Crippen molar-refractivity contribution in [3.8, 4) is 0 Å². The molecule has 6 heteroatoms. The van der Waals surface area contributed by atoms with Crippen LogP contribution >= 0.6 is 15.9 Å². The van der Waals surface area contributed by atoms with Crippen LogP contribution in [0.5, 0.6) is 0 Å². The summed E-state index contributed by atoms with van der Waals surface area (Å²) in [5.74, 6) is -0.339. The van der Waals surface area contributed by atoms with Crippen LogP contribution in [-0.2, 0) is 9.84 Å². The van der Waals surface area contributed by atoms with Crippen molar-refractivity contribution in [2.75, 3.05) is 5.75 Å². The van der Waals surface area contributed by atoms with Crippen LogP contribution in [0.4, 0.5) is 0 Å². The number of rotatable bonds is 2. The Bertz CT molecular complexity index is 622. The summed E-state index contributed by atoms with van der Waals surface area (Å²) >= 11 is 3.36. The SMILES string of the molecule is Cc1ccc(C(=O)NC2C=CS(=O)(=O)C2)cc1Br. The van der Waals surface area contributed by atoms with Crippen LogP contribution in [0.3, 0.4) is 0 Å². The summed E-state index contributed by atoms with van der Waals surface area (Å²) in [5, 5.41) is 3.81. The Balaban J connectivity index is 2.09. The molecule has 18 heavy (non-hydrogen) atoms. The molecule has 1 aliphatic rings. The van der Waals surface area contributed by atoms with Crippen molar-refractivity contribution in [3.05, 3.63) is 45.3 Å². The van der Waals surface area contributed by atoms with Crippen molar-refractivity contribution in [1.82, 2.24) is 5.32 Å². The maximum absolute atomic E-state index is 11.9. The van der Waals surface area contributed by atoms with Gasteiger partial charge in [0.2, 0.25) is 0 Å². The third-order valence-corrected chi connectivity index (χ3v) is 4.93. The van der Waals surface area contributed by atoms with Gasteiger partial charge < -0.3 is 5.32 Å². The maximum Gasteiger partial charge on any atom is 0.251 e. The van der Waals surface area contributed by atoms with Crippen LogP contribution in [0, 0.1) is 6.92 Å². The highest BCUT2D eigenvalue weighted by Gasteiger charge is 2.23. The van der Waals surface area contributed by atoms with Gasteiger partial charge in [0.1, 0.15) is 0 Å². The van der Waals surface area contributed by atoms with Gasteiger partial charge in [-0.1, -0.05) is 22.0 Å². The van der Waals surface area contributed by atoms with Crippen LogP contribution in [-0.4, -0.2) is 26.1 Å². The average molecular weight is 330 g/mol. The number of benzene rings is 1. The van der Waals surface area contributed by atoms with Crippen molar-refractivity contribution < 1.29 is 13.2 Å². The predicted octanol–water partition coefficient (Wildman–Crippen LogP) is 1.80. The number of halogens is 1. The first-order chi connectivity index (χ1) is 8.37. The van der Waals surface area contributed by atoms with E-state index in [-0.39, 0.29) is 11.7 Å². The molecule has 0 bridgehead atoms. The van der Waals surface area contributed by atoms with E-state index in [4.69, 9.17) is 0 Å². The quantitative estimate of drug-likeness (QED) is 0.899. The summed E-state index contributed by atoms with van der Waals surface area (Å²) < 4.78 is 23.3. The van der Waals surface area contributed by atoms with Crippen molar-refractivity contribution in [2.24, 2.45) is 0 Å². The molecule has 4 nitrogen and oxygen atoms in total. The fourth-order valence-corrected chi connectivity index (χ4v) is 3.27. The van der Waals surface area contributed by atoms with Crippen molar-refractivity contribution in [2.45, 2.75) is 13.0 Å². The normalized spacial score (nSPS) is 20.9. The zero-order valence-corrected chi connectivity index (χ0v) is 12.1. The number of carbonyl (C=O) groups excluding carboxylic acids is 1. The Kier molecular flexibility index (Phi) is 3.59. The molecule has 0 spiro atoms. The van der Waals surface area contributed by atoms with E-state index in [9.17, 15) is 13.2 Å². The molecule has 1 heterocycles. The summed E-state index contributed by atoms with van der Waals surface area (Å²) in [6.45, 7) is 1.93. The van der Waals surface area contributed by atoms with E-state index < -0.39 is 15.9 Å². The minimum Gasteiger partial charge on any atom is -0.345 e. The lowest BCUT2D eigenvalue weighted by molar-refractivity contribution is 0.0947. The fourth-order valence-electron chi connectivity index (χ4n) is 1.65. The number of hydrogen-bond acceptors (Lipinski definition) is 3. The smallest absolute Gasteiger partial charge is 0.251 e. The second-order valence-electron chi connectivity index (χ2n) is 4.20. The lowest BCUT2D eigenvalue weighted by Gasteiger charge is -2.10. The molecule has 1 atom stereocenters. The lowest BCUT2D eigenvalue weighted by Crippen LogP contribution is -2.35. The number of carbonyl (C=O) groups is 1. The van der Waals surface area contributed by atoms with Gasteiger partial charge in [0.25, 0.3) is 5.91 Å². The van der Waals surface area contributed by atoms with E-state index in [1.54, 1.807) is 12.1 Å². The highest BCUT2D eigenvalue weighted by molar-refractivity contribution is 9.10. The third-order valence-electron chi connectivity index (χ3n) is 2.68. The Hall–Kier alpha value is -1.14. The van der Waals surface area contributed by atoms with Gasteiger partial charge in [-0.3, -0.25) is 4.79 Å². The molecular weight excluding hydrogens is 318 g/mol. The summed E-state index contributed by atoms with van der Waals surface area (Å²) in [6.07, 6.45) is 1.50. The standard InChI is InChI=1S/C12H12BrNO3S/c1-8-2-3-9(6-11(8)13)12(15)14-10-4-5-18(16,17)7-10/h2-6,10H,7H2,1H3,(H,14,15). The Morgan fingerprint density at radius 1 is 1.44 bits per heavy atom. The Labute approximate surface area is 114 Å². The van der Waals surface area contributed by atoms with Gasteiger partial charge in [-0.15, -0.1) is 0 Å². The average Bonchev–Trinajstić information content (AvgIpc) is 2.62. The third kappa shape index (κ3) is 3.00. The zero-order valence-electron chi connectivity index (χ0n) is 9.68. The first kappa shape index (κ1) is 13.3. The summed E-state index contributed by atoms with van der Waals surface area (Å²) in [6, 6.07) is 4.82. The van der Waals surface area contributed by atoms with Gasteiger partial charge in [-0.2, -0.15) is 0 Å². The van der Waals surface area contributed by atoms with E-state index in [1.807, 2.05) is 13.0 Å². The molecule has 1 amide bonds. The molecule has 0 aromatic heterocycles. The number of sulfone groups is 1. The molecule has 1 unspecified atom stereocenters. The molecule has 1 N–H and O–H groups in total. The highest BCUT2D eigenvalue weighted by atomic mass is 79.9. The largest absolute Gasteiger partial charge is 0.345 e. The van der Waals surface area contributed by atoms with Gasteiger partial charge in [-0.25, -0.2) is 8.42 Å². The lowest BCUT2D eigenvalue weighted by atomic mass is 10.1. The number of amides is 1. The van der Waals surface area contributed by atoms with Gasteiger partial charge in [-0.05, 0) is 30.7 Å². The predicted molar refractivity (Wildman–Crippen MR) is 73.1 cm³/mol. The van der Waals surface area contributed by atoms with E-state index in [0.29, 0.717) is 5.56 Å². The van der Waals surface area contributed by atoms with Crippen LogP contribution in [0.2, 0.25) is 0 Å². The first-order valence-electron chi connectivity index (χ1n) is 5.35. The Morgan fingerprint density at radius 2 is 2.17 bits per heavy atom. The second kappa shape index (κ2) is 4.85. The van der Waals surface area contributed by atoms with Crippen molar-refractivity contribution in [1.29, 1.82) is 0 Å². The molecule has 1 aromatic rings. The monoisotopic (exact) mass is 329 g/mol. The minimum atomic E-state index is -3.14. The summed E-state index contributed by atoms with van der Waals surface area (Å²) in [7, 11) is -3.14. The molecule has 0 saturated heterocycles. The number of nitrogens with one attached hydrogen (secondary N) is 1. The minimum absolute atomic E-state index is 0.0637. The van der Waals surface area contributed by atoms with Crippen LogP contribution in [0.1, 0.15) is 15.9 Å². The van der Waals surface area contributed by atoms with Gasteiger partial charge in [0.15, 0.2) is 9.84 Å². The van der Waals surface area contributed by atoms with Gasteiger partial charge in [0, 0.05) is 15.4 Å². The van der Waals surface area contributed by atoms with Crippen molar-refractivity contribution in [3.63, 3.8) is 0 Å². The second-order valence-corrected chi connectivity index (χ2v) is 6.99. The molecule has 96 valence electrons. The fraction of sp³-hybridized carbons (Fsp3) is 0.250. The molecule has 1 aliphatic heterocycles. The first-order valence-corrected chi connectivity index (χ1v) is 7.86. The molecule has 2 rings (SSSR count). The van der Waals surface area contributed by atoms with E-state index >= 15 is 0 Å². The molecule has 0 radical (unpaired) electrons. The molecule has 0 aliphatic carbocycles. The van der Waals surface area contributed by atoms with Crippen LogP contribution in [0.25, 0.3) is 0 Å². The summed E-state index contributed by atoms with van der Waals surface area (Å²) in [4.78, 5) is 11.9.